The van der Waals surface area contributed by atoms with Gasteiger partial charge in [0.2, 0.25) is 0 Å². The van der Waals surface area contributed by atoms with E-state index in [1.54, 1.807) is 7.11 Å². The topological polar surface area (TPSA) is 30.5 Å². The van der Waals surface area contributed by atoms with Gasteiger partial charge in [-0.3, -0.25) is 0 Å². The van der Waals surface area contributed by atoms with Crippen molar-refractivity contribution in [3.8, 4) is 0 Å². The molecule has 0 aromatic heterocycles. The molecule has 3 nitrogen and oxygen atoms in total. The summed E-state index contributed by atoms with van der Waals surface area (Å²) in [7, 11) is 1.72. The van der Waals surface area contributed by atoms with Gasteiger partial charge in [0.05, 0.1) is 17.8 Å². The van der Waals surface area contributed by atoms with Crippen molar-refractivity contribution in [1.29, 1.82) is 0 Å². The average molecular weight is 335 g/mol. The third-order valence-corrected chi connectivity index (χ3v) is 4.10. The molecule has 0 saturated heterocycles. The fourth-order valence-electron chi connectivity index (χ4n) is 2.22. The van der Waals surface area contributed by atoms with E-state index in [0.717, 1.165) is 28.2 Å². The molecule has 1 N–H and O–H groups in total. The molecular formula is C13H17BrClNO2. The number of nitrogens with one attached hydrogen (secondary N) is 1. The molecule has 0 amide bonds. The van der Waals surface area contributed by atoms with Gasteiger partial charge in [-0.2, -0.15) is 0 Å². The summed E-state index contributed by atoms with van der Waals surface area (Å²) < 4.78 is 12.1. The summed E-state index contributed by atoms with van der Waals surface area (Å²) in [6.07, 6.45) is 1.23. The summed E-state index contributed by atoms with van der Waals surface area (Å²) in [5.74, 6) is 0. The smallest absolute Gasteiger partial charge is 0.103 e. The van der Waals surface area contributed by atoms with Crippen LogP contribution >= 0.6 is 27.5 Å². The maximum absolute atomic E-state index is 5.99. The number of anilines is 1. The molecule has 1 aliphatic carbocycles. The Morgan fingerprint density at radius 2 is 2.28 bits per heavy atom. The molecule has 0 spiro atoms. The summed E-state index contributed by atoms with van der Waals surface area (Å²) in [5, 5.41) is 4.16. The summed E-state index contributed by atoms with van der Waals surface area (Å²) in [6.45, 7) is 2.72. The molecule has 1 aliphatic rings. The van der Waals surface area contributed by atoms with E-state index in [-0.39, 0.29) is 18.2 Å². The van der Waals surface area contributed by atoms with Crippen LogP contribution in [0, 0.1) is 0 Å². The van der Waals surface area contributed by atoms with Crippen LogP contribution in [0.5, 0.6) is 0 Å². The highest BCUT2D eigenvalue weighted by molar-refractivity contribution is 9.10. The van der Waals surface area contributed by atoms with Gasteiger partial charge < -0.3 is 14.8 Å². The van der Waals surface area contributed by atoms with Crippen LogP contribution in [0.4, 0.5) is 5.69 Å². The van der Waals surface area contributed by atoms with Crippen LogP contribution in [0.3, 0.4) is 0 Å². The lowest BCUT2D eigenvalue weighted by atomic mass is 9.85. The van der Waals surface area contributed by atoms with Gasteiger partial charge in [0.1, 0.15) is 6.10 Å². The van der Waals surface area contributed by atoms with E-state index in [1.165, 1.54) is 0 Å². The highest BCUT2D eigenvalue weighted by Crippen LogP contribution is 2.33. The number of rotatable bonds is 5. The lowest BCUT2D eigenvalue weighted by molar-refractivity contribution is -0.118. The fraction of sp³-hybridized carbons (Fsp3) is 0.538. The van der Waals surface area contributed by atoms with Crippen molar-refractivity contribution in [3.63, 3.8) is 0 Å². The van der Waals surface area contributed by atoms with Crippen molar-refractivity contribution < 1.29 is 9.47 Å². The first-order chi connectivity index (χ1) is 8.65. The Balaban J connectivity index is 2.00. The quantitative estimate of drug-likeness (QED) is 0.890. The van der Waals surface area contributed by atoms with Crippen molar-refractivity contribution >= 4 is 33.2 Å². The molecule has 100 valence electrons. The summed E-state index contributed by atoms with van der Waals surface area (Å²) in [5.41, 5.74) is 0.990. The molecule has 3 unspecified atom stereocenters. The second-order valence-electron chi connectivity index (χ2n) is 4.30. The van der Waals surface area contributed by atoms with E-state index in [2.05, 4.69) is 21.2 Å². The minimum atomic E-state index is 0.0934. The Morgan fingerprint density at radius 1 is 1.50 bits per heavy atom. The van der Waals surface area contributed by atoms with E-state index in [0.29, 0.717) is 0 Å². The van der Waals surface area contributed by atoms with Crippen LogP contribution in [-0.4, -0.2) is 32.0 Å². The first-order valence-electron chi connectivity index (χ1n) is 6.01. The van der Waals surface area contributed by atoms with Crippen LogP contribution in [0.2, 0.25) is 5.02 Å². The Labute approximate surface area is 121 Å². The third kappa shape index (κ3) is 2.99. The van der Waals surface area contributed by atoms with Gasteiger partial charge in [-0.15, -0.1) is 0 Å². The van der Waals surface area contributed by atoms with Gasteiger partial charge in [0.25, 0.3) is 0 Å². The minimum absolute atomic E-state index is 0.0934. The Kier molecular flexibility index (Phi) is 4.90. The predicted molar refractivity (Wildman–Crippen MR) is 77.4 cm³/mol. The second-order valence-corrected chi connectivity index (χ2v) is 5.60. The lowest BCUT2D eigenvalue weighted by Gasteiger charge is -2.43. The molecular weight excluding hydrogens is 318 g/mol. The number of methoxy groups -OCH3 is 1. The molecule has 0 bridgehead atoms. The maximum Gasteiger partial charge on any atom is 0.103 e. The van der Waals surface area contributed by atoms with E-state index in [9.17, 15) is 0 Å². The van der Waals surface area contributed by atoms with Crippen LogP contribution in [0.1, 0.15) is 13.3 Å². The van der Waals surface area contributed by atoms with E-state index >= 15 is 0 Å². The molecule has 18 heavy (non-hydrogen) atoms. The SMILES string of the molecule is CCOC1CC(Nc2cc(Cl)ccc2Br)C1OC. The van der Waals surface area contributed by atoms with Crippen molar-refractivity contribution in [2.24, 2.45) is 0 Å². The normalized spacial score (nSPS) is 26.8. The minimum Gasteiger partial charge on any atom is -0.379 e. The Bertz CT molecular complexity index is 416. The van der Waals surface area contributed by atoms with Gasteiger partial charge >= 0.3 is 0 Å². The highest BCUT2D eigenvalue weighted by Gasteiger charge is 2.42. The third-order valence-electron chi connectivity index (χ3n) is 3.17. The van der Waals surface area contributed by atoms with E-state index < -0.39 is 0 Å². The fourth-order valence-corrected chi connectivity index (χ4v) is 2.76. The van der Waals surface area contributed by atoms with Gasteiger partial charge in [0, 0.05) is 23.2 Å². The molecule has 0 radical (unpaired) electrons. The van der Waals surface area contributed by atoms with Crippen molar-refractivity contribution in [2.45, 2.75) is 31.6 Å². The molecule has 3 atom stereocenters. The van der Waals surface area contributed by atoms with E-state index in [4.69, 9.17) is 21.1 Å². The number of hydrogen-bond donors (Lipinski definition) is 1. The highest BCUT2D eigenvalue weighted by atomic mass is 79.9. The zero-order chi connectivity index (χ0) is 13.1. The Morgan fingerprint density at radius 3 is 2.94 bits per heavy atom. The van der Waals surface area contributed by atoms with Crippen LogP contribution in [0.15, 0.2) is 22.7 Å². The number of hydrogen-bond acceptors (Lipinski definition) is 3. The van der Waals surface area contributed by atoms with Gasteiger partial charge in [-0.25, -0.2) is 0 Å². The van der Waals surface area contributed by atoms with Gasteiger partial charge in [-0.05, 0) is 47.5 Å². The molecule has 0 heterocycles. The number of benzene rings is 1. The molecule has 5 heteroatoms. The van der Waals surface area contributed by atoms with E-state index in [1.807, 2.05) is 25.1 Å². The average Bonchev–Trinajstić information content (AvgIpc) is 2.32. The molecule has 1 saturated carbocycles. The molecule has 0 aliphatic heterocycles. The van der Waals surface area contributed by atoms with Crippen LogP contribution in [0.25, 0.3) is 0 Å². The number of halogens is 2. The maximum atomic E-state index is 5.99. The summed E-state index contributed by atoms with van der Waals surface area (Å²) in [6, 6.07) is 5.97. The van der Waals surface area contributed by atoms with Gasteiger partial charge in [0.15, 0.2) is 0 Å². The zero-order valence-electron chi connectivity index (χ0n) is 10.5. The lowest BCUT2D eigenvalue weighted by Crippen LogP contribution is -2.56. The molecule has 1 fully saturated rings. The summed E-state index contributed by atoms with van der Waals surface area (Å²) >= 11 is 9.50. The predicted octanol–water partition coefficient (Wildman–Crippen LogP) is 3.71. The van der Waals surface area contributed by atoms with Gasteiger partial charge in [-0.1, -0.05) is 11.6 Å². The Hall–Kier alpha value is -0.290. The largest absolute Gasteiger partial charge is 0.379 e. The zero-order valence-corrected chi connectivity index (χ0v) is 12.8. The van der Waals surface area contributed by atoms with Crippen molar-refractivity contribution in [3.05, 3.63) is 27.7 Å². The second kappa shape index (κ2) is 6.24. The standard InChI is InChI=1S/C13H17BrClNO2/c1-3-18-12-7-11(13(12)17-2)16-10-6-8(15)4-5-9(10)14/h4-6,11-13,16H,3,7H2,1-2H3. The number of ether oxygens (including phenoxy) is 2. The van der Waals surface area contributed by atoms with Crippen LogP contribution < -0.4 is 5.32 Å². The molecule has 1 aromatic rings. The van der Waals surface area contributed by atoms with Crippen molar-refractivity contribution in [2.75, 3.05) is 19.0 Å². The van der Waals surface area contributed by atoms with Crippen molar-refractivity contribution in [1.82, 2.24) is 0 Å². The first kappa shape index (κ1) is 14.1. The first-order valence-corrected chi connectivity index (χ1v) is 7.18. The monoisotopic (exact) mass is 333 g/mol. The molecule has 1 aromatic carbocycles. The summed E-state index contributed by atoms with van der Waals surface area (Å²) in [4.78, 5) is 0. The molecule has 2 rings (SSSR count). The van der Waals surface area contributed by atoms with Crippen LogP contribution in [-0.2, 0) is 9.47 Å².